The summed E-state index contributed by atoms with van der Waals surface area (Å²) in [5.41, 5.74) is 2.10. The smallest absolute Gasteiger partial charge is 0.225 e. The maximum Gasteiger partial charge on any atom is 0.225 e. The number of rotatable bonds is 6. The van der Waals surface area contributed by atoms with E-state index in [0.717, 1.165) is 24.7 Å². The number of hydrogen-bond acceptors (Lipinski definition) is 3. The van der Waals surface area contributed by atoms with E-state index in [9.17, 15) is 4.79 Å². The van der Waals surface area contributed by atoms with Gasteiger partial charge in [-0.1, -0.05) is 18.2 Å². The Morgan fingerprint density at radius 3 is 2.76 bits per heavy atom. The molecule has 2 rings (SSSR count). The summed E-state index contributed by atoms with van der Waals surface area (Å²) in [6.07, 6.45) is 0.497. The fourth-order valence-electron chi connectivity index (χ4n) is 2.73. The first kappa shape index (κ1) is 21.7. The molecule has 0 aliphatic carbocycles. The van der Waals surface area contributed by atoms with Crippen molar-refractivity contribution in [3.63, 3.8) is 0 Å². The Kier molecular flexibility index (Phi) is 9.20. The van der Waals surface area contributed by atoms with Crippen molar-refractivity contribution < 1.29 is 4.79 Å². The van der Waals surface area contributed by atoms with Gasteiger partial charge in [0.05, 0.1) is 0 Å². The van der Waals surface area contributed by atoms with Crippen molar-refractivity contribution in [2.24, 2.45) is 4.99 Å². The first-order chi connectivity index (χ1) is 11.5. The van der Waals surface area contributed by atoms with Crippen molar-refractivity contribution in [2.75, 3.05) is 39.0 Å². The molecule has 1 unspecified atom stereocenters. The van der Waals surface area contributed by atoms with E-state index in [2.05, 4.69) is 52.8 Å². The van der Waals surface area contributed by atoms with Crippen LogP contribution >= 0.6 is 24.0 Å². The number of carbonyl (C=O) groups excluding carboxylic acids is 1. The number of anilines is 1. The maximum atomic E-state index is 11.9. The number of nitrogens with zero attached hydrogens (tertiary/aromatic N) is 2. The average molecular weight is 459 g/mol. The molecule has 3 N–H and O–H groups in total. The second kappa shape index (κ2) is 10.6. The van der Waals surface area contributed by atoms with Crippen LogP contribution in [0.25, 0.3) is 0 Å². The van der Waals surface area contributed by atoms with Gasteiger partial charge in [0.15, 0.2) is 5.96 Å². The molecule has 0 spiro atoms. The Morgan fingerprint density at radius 2 is 2.08 bits per heavy atom. The number of guanidine groups is 1. The Bertz CT molecular complexity index is 591. The largest absolute Gasteiger partial charge is 0.356 e. The van der Waals surface area contributed by atoms with Crippen LogP contribution in [0.15, 0.2) is 29.3 Å². The fraction of sp³-hybridized carbons (Fsp3) is 0.556. The van der Waals surface area contributed by atoms with Gasteiger partial charge in [-0.25, -0.2) is 0 Å². The Morgan fingerprint density at radius 1 is 1.36 bits per heavy atom. The third-order valence-electron chi connectivity index (χ3n) is 4.48. The number of fused-ring (bicyclic) bond motifs is 1. The van der Waals surface area contributed by atoms with Gasteiger partial charge in [0, 0.05) is 50.7 Å². The average Bonchev–Trinajstić information content (AvgIpc) is 2.57. The number of hydrogen-bond donors (Lipinski definition) is 3. The minimum Gasteiger partial charge on any atom is -0.356 e. The van der Waals surface area contributed by atoms with Crippen LogP contribution in [0.1, 0.15) is 31.7 Å². The number of benzene rings is 1. The quantitative estimate of drug-likeness (QED) is 0.347. The summed E-state index contributed by atoms with van der Waals surface area (Å²) in [7, 11) is 3.88. The third kappa shape index (κ3) is 6.47. The highest BCUT2D eigenvalue weighted by Gasteiger charge is 2.24. The number of para-hydroxylation sites is 1. The molecule has 0 saturated carbocycles. The minimum absolute atomic E-state index is 0. The number of aliphatic imine (C=N–C) groups is 1. The molecule has 0 radical (unpaired) electrons. The number of carbonyl (C=O) groups is 1. The van der Waals surface area contributed by atoms with E-state index in [1.165, 1.54) is 5.56 Å². The Hall–Kier alpha value is -1.35. The molecule has 1 heterocycles. The van der Waals surface area contributed by atoms with Crippen molar-refractivity contribution in [1.29, 1.82) is 0 Å². The number of nitrogens with one attached hydrogen (secondary N) is 3. The van der Waals surface area contributed by atoms with E-state index >= 15 is 0 Å². The van der Waals surface area contributed by atoms with Gasteiger partial charge >= 0.3 is 0 Å². The first-order valence-corrected chi connectivity index (χ1v) is 8.54. The van der Waals surface area contributed by atoms with Crippen molar-refractivity contribution in [1.82, 2.24) is 15.5 Å². The standard InChI is InChI=1S/C18H29N5O.HI/c1-13(2)23(4)10-9-20-18(19-3)21-12-14-11-17(24)22-16-8-6-5-7-15(14)16;/h5-8,13-14H,9-12H2,1-4H3,(H,22,24)(H2,19,20,21);1H. The number of likely N-dealkylation sites (N-methyl/N-ethyl adjacent to an activating group) is 1. The summed E-state index contributed by atoms with van der Waals surface area (Å²) >= 11 is 0. The predicted molar refractivity (Wildman–Crippen MR) is 115 cm³/mol. The van der Waals surface area contributed by atoms with E-state index in [1.54, 1.807) is 7.05 Å². The predicted octanol–water partition coefficient (Wildman–Crippen LogP) is 2.24. The highest BCUT2D eigenvalue weighted by molar-refractivity contribution is 14.0. The molecule has 1 aromatic rings. The molecule has 0 saturated heterocycles. The van der Waals surface area contributed by atoms with Gasteiger partial charge in [-0.2, -0.15) is 0 Å². The number of amides is 1. The van der Waals surface area contributed by atoms with Gasteiger partial charge in [-0.15, -0.1) is 24.0 Å². The summed E-state index contributed by atoms with van der Waals surface area (Å²) in [6.45, 7) is 6.82. The van der Waals surface area contributed by atoms with Crippen molar-refractivity contribution in [2.45, 2.75) is 32.2 Å². The molecule has 1 amide bonds. The molecule has 0 bridgehead atoms. The van der Waals surface area contributed by atoms with Crippen LogP contribution < -0.4 is 16.0 Å². The molecule has 140 valence electrons. The summed E-state index contributed by atoms with van der Waals surface area (Å²) in [6, 6.07) is 8.51. The molecule has 6 nitrogen and oxygen atoms in total. The van der Waals surface area contributed by atoms with Crippen molar-refractivity contribution in [3.8, 4) is 0 Å². The van der Waals surface area contributed by atoms with Gasteiger partial charge in [0.2, 0.25) is 5.91 Å². The highest BCUT2D eigenvalue weighted by atomic mass is 127. The molecule has 0 fully saturated rings. The maximum absolute atomic E-state index is 11.9. The molecular formula is C18H30IN5O. The summed E-state index contributed by atoms with van der Waals surface area (Å²) in [4.78, 5) is 18.4. The SMILES string of the molecule is CN=C(NCCN(C)C(C)C)NCC1CC(=O)Nc2ccccc21.I. The molecular weight excluding hydrogens is 429 g/mol. The van der Waals surface area contributed by atoms with Crippen LogP contribution in [0, 0.1) is 0 Å². The lowest BCUT2D eigenvalue weighted by Gasteiger charge is -2.26. The molecule has 7 heteroatoms. The second-order valence-electron chi connectivity index (χ2n) is 6.49. The van der Waals surface area contributed by atoms with Crippen LogP contribution in [0.5, 0.6) is 0 Å². The summed E-state index contributed by atoms with van der Waals surface area (Å²) in [5.74, 6) is 1.00. The lowest BCUT2D eigenvalue weighted by molar-refractivity contribution is -0.116. The zero-order valence-corrected chi connectivity index (χ0v) is 17.8. The van der Waals surface area contributed by atoms with Gasteiger partial charge in [0.25, 0.3) is 0 Å². The van der Waals surface area contributed by atoms with Crippen molar-refractivity contribution >= 4 is 41.5 Å². The Balaban J connectivity index is 0.00000312. The van der Waals surface area contributed by atoms with Crippen LogP contribution in [-0.4, -0.2) is 56.5 Å². The van der Waals surface area contributed by atoms with Crippen molar-refractivity contribution in [3.05, 3.63) is 29.8 Å². The Labute approximate surface area is 167 Å². The molecule has 0 aromatic heterocycles. The minimum atomic E-state index is 0. The fourth-order valence-corrected chi connectivity index (χ4v) is 2.73. The van der Waals surface area contributed by atoms with Gasteiger partial charge < -0.3 is 20.9 Å². The molecule has 1 aliphatic rings. The van der Waals surface area contributed by atoms with E-state index in [1.807, 2.05) is 18.2 Å². The molecule has 1 atom stereocenters. The molecule has 25 heavy (non-hydrogen) atoms. The van der Waals surface area contributed by atoms with E-state index < -0.39 is 0 Å². The molecule has 1 aromatic carbocycles. The third-order valence-corrected chi connectivity index (χ3v) is 4.48. The lowest BCUT2D eigenvalue weighted by Crippen LogP contribution is -2.43. The van der Waals surface area contributed by atoms with E-state index in [0.29, 0.717) is 19.0 Å². The monoisotopic (exact) mass is 459 g/mol. The normalized spacial score (nSPS) is 17.0. The lowest BCUT2D eigenvalue weighted by atomic mass is 9.90. The van der Waals surface area contributed by atoms with Crippen LogP contribution in [-0.2, 0) is 4.79 Å². The number of halogens is 1. The topological polar surface area (TPSA) is 68.8 Å². The van der Waals surface area contributed by atoms with Crippen LogP contribution in [0.4, 0.5) is 5.69 Å². The second-order valence-corrected chi connectivity index (χ2v) is 6.49. The van der Waals surface area contributed by atoms with E-state index in [-0.39, 0.29) is 35.8 Å². The van der Waals surface area contributed by atoms with Crippen LogP contribution in [0.2, 0.25) is 0 Å². The first-order valence-electron chi connectivity index (χ1n) is 8.54. The van der Waals surface area contributed by atoms with E-state index in [4.69, 9.17) is 0 Å². The van der Waals surface area contributed by atoms with Crippen LogP contribution in [0.3, 0.4) is 0 Å². The van der Waals surface area contributed by atoms with Gasteiger partial charge in [-0.05, 0) is 32.5 Å². The summed E-state index contributed by atoms with van der Waals surface area (Å²) < 4.78 is 0. The zero-order chi connectivity index (χ0) is 17.5. The van der Waals surface area contributed by atoms with Gasteiger partial charge in [0.1, 0.15) is 0 Å². The highest BCUT2D eigenvalue weighted by Crippen LogP contribution is 2.31. The zero-order valence-electron chi connectivity index (χ0n) is 15.5. The molecule has 1 aliphatic heterocycles. The summed E-state index contributed by atoms with van der Waals surface area (Å²) in [5, 5.41) is 9.60. The van der Waals surface area contributed by atoms with Gasteiger partial charge in [-0.3, -0.25) is 9.79 Å².